The van der Waals surface area contributed by atoms with E-state index < -0.39 is 0 Å². The minimum absolute atomic E-state index is 0.269. The van der Waals surface area contributed by atoms with E-state index in [4.69, 9.17) is 17.0 Å². The first-order valence-electron chi connectivity index (χ1n) is 10.4. The van der Waals surface area contributed by atoms with Crippen molar-refractivity contribution in [2.75, 3.05) is 24.3 Å². The van der Waals surface area contributed by atoms with Gasteiger partial charge in [0.1, 0.15) is 6.10 Å². The van der Waals surface area contributed by atoms with Gasteiger partial charge < -0.3 is 15.0 Å². The van der Waals surface area contributed by atoms with Crippen molar-refractivity contribution in [2.45, 2.75) is 50.5 Å². The molecule has 0 bridgehead atoms. The second-order valence-electron chi connectivity index (χ2n) is 8.55. The van der Waals surface area contributed by atoms with Crippen LogP contribution in [-0.4, -0.2) is 25.4 Å². The summed E-state index contributed by atoms with van der Waals surface area (Å²) in [5.74, 6) is 0.702. The zero-order chi connectivity index (χ0) is 19.6. The number of nitrogens with one attached hydrogen (secondary N) is 1. The van der Waals surface area contributed by atoms with E-state index in [1.54, 1.807) is 0 Å². The molecule has 0 heterocycles. The van der Waals surface area contributed by atoms with Crippen molar-refractivity contribution in [1.82, 2.24) is 0 Å². The van der Waals surface area contributed by atoms with Gasteiger partial charge in [-0.3, -0.25) is 0 Å². The Balaban J connectivity index is 1.30. The number of ether oxygens (including phenoxy) is 1. The third-order valence-electron chi connectivity index (χ3n) is 6.72. The molecular formula is C24H30N2OS. The molecule has 28 heavy (non-hydrogen) atoms. The van der Waals surface area contributed by atoms with Gasteiger partial charge in [-0.1, -0.05) is 30.3 Å². The molecule has 2 aliphatic rings. The van der Waals surface area contributed by atoms with Gasteiger partial charge in [-0.25, -0.2) is 0 Å². The first kappa shape index (κ1) is 19.3. The Bertz CT molecular complexity index is 795. The van der Waals surface area contributed by atoms with E-state index >= 15 is 0 Å². The molecule has 0 aromatic heterocycles. The smallest absolute Gasteiger partial charge is 0.261 e. The molecule has 1 N–H and O–H groups in total. The number of anilines is 2. The normalized spacial score (nSPS) is 26.4. The lowest BCUT2D eigenvalue weighted by molar-refractivity contribution is -0.0789. The summed E-state index contributed by atoms with van der Waals surface area (Å²) in [4.78, 5) is 2.09. The Morgan fingerprint density at radius 3 is 2.18 bits per heavy atom. The number of hydrogen-bond acceptors (Lipinski definition) is 3. The van der Waals surface area contributed by atoms with Crippen LogP contribution in [0.5, 0.6) is 0 Å². The molecule has 2 aromatic carbocycles. The maximum Gasteiger partial charge on any atom is 0.261 e. The standard InChI is InChI=1S/C24H30N2OS/c1-26(2)21-10-8-20(9-11-21)25-23(28)27-22-14-17-24(22)15-12-19(13-16-24)18-6-4-3-5-7-18/h3-11,19,22H,12-17H2,1-2H3,(H,25,28). The maximum atomic E-state index is 6.21. The van der Waals surface area contributed by atoms with Crippen LogP contribution < -0.4 is 10.2 Å². The van der Waals surface area contributed by atoms with Gasteiger partial charge in [-0.2, -0.15) is 0 Å². The monoisotopic (exact) mass is 394 g/mol. The van der Waals surface area contributed by atoms with Gasteiger partial charge in [-0.15, -0.1) is 0 Å². The van der Waals surface area contributed by atoms with Gasteiger partial charge in [-0.05, 0) is 86.5 Å². The molecule has 4 rings (SSSR count). The van der Waals surface area contributed by atoms with Crippen molar-refractivity contribution in [3.63, 3.8) is 0 Å². The van der Waals surface area contributed by atoms with Crippen LogP contribution >= 0.6 is 12.2 Å². The van der Waals surface area contributed by atoms with Crippen molar-refractivity contribution in [3.05, 3.63) is 60.2 Å². The van der Waals surface area contributed by atoms with Crippen LogP contribution in [0.15, 0.2) is 54.6 Å². The van der Waals surface area contributed by atoms with E-state index in [1.807, 2.05) is 26.2 Å². The van der Waals surface area contributed by atoms with Crippen LogP contribution in [0.2, 0.25) is 0 Å². The zero-order valence-electron chi connectivity index (χ0n) is 16.9. The molecule has 0 aliphatic heterocycles. The minimum atomic E-state index is 0.269. The summed E-state index contributed by atoms with van der Waals surface area (Å²) in [7, 11) is 4.08. The van der Waals surface area contributed by atoms with Crippen molar-refractivity contribution in [2.24, 2.45) is 5.41 Å². The second kappa shape index (κ2) is 8.12. The molecule has 0 saturated heterocycles. The van der Waals surface area contributed by atoms with Crippen molar-refractivity contribution < 1.29 is 4.74 Å². The highest BCUT2D eigenvalue weighted by molar-refractivity contribution is 7.80. The van der Waals surface area contributed by atoms with E-state index in [-0.39, 0.29) is 6.10 Å². The zero-order valence-corrected chi connectivity index (χ0v) is 17.7. The Morgan fingerprint density at radius 1 is 0.964 bits per heavy atom. The first-order valence-corrected chi connectivity index (χ1v) is 10.8. The van der Waals surface area contributed by atoms with Gasteiger partial charge >= 0.3 is 0 Å². The summed E-state index contributed by atoms with van der Waals surface area (Å²) in [6.07, 6.45) is 7.68. The molecule has 2 aromatic rings. The average Bonchev–Trinajstić information content (AvgIpc) is 2.72. The highest BCUT2D eigenvalue weighted by Crippen LogP contribution is 2.55. The molecule has 0 amide bonds. The molecule has 2 aliphatic carbocycles. The quantitative estimate of drug-likeness (QED) is 0.646. The van der Waals surface area contributed by atoms with Crippen LogP contribution in [0, 0.1) is 5.41 Å². The predicted octanol–water partition coefficient (Wildman–Crippen LogP) is 5.97. The summed E-state index contributed by atoms with van der Waals surface area (Å²) in [5.41, 5.74) is 3.99. The summed E-state index contributed by atoms with van der Waals surface area (Å²) >= 11 is 5.51. The van der Waals surface area contributed by atoms with E-state index in [0.29, 0.717) is 16.5 Å². The summed E-state index contributed by atoms with van der Waals surface area (Å²) in [5, 5.41) is 3.76. The van der Waals surface area contributed by atoms with Crippen LogP contribution in [-0.2, 0) is 4.74 Å². The molecular weight excluding hydrogens is 364 g/mol. The number of hydrogen-bond donors (Lipinski definition) is 1. The molecule has 3 nitrogen and oxygen atoms in total. The lowest BCUT2D eigenvalue weighted by Crippen LogP contribution is -2.49. The fourth-order valence-corrected chi connectivity index (χ4v) is 5.03. The SMILES string of the molecule is CN(C)c1ccc(NC(=S)OC2CCC23CCC(c2ccccc2)CC3)cc1. The van der Waals surface area contributed by atoms with Crippen LogP contribution in [0.3, 0.4) is 0 Å². The predicted molar refractivity (Wildman–Crippen MR) is 121 cm³/mol. The van der Waals surface area contributed by atoms with Gasteiger partial charge in [0.2, 0.25) is 0 Å². The minimum Gasteiger partial charge on any atom is -0.467 e. The van der Waals surface area contributed by atoms with Crippen LogP contribution in [0.4, 0.5) is 11.4 Å². The van der Waals surface area contributed by atoms with Crippen molar-refractivity contribution in [1.29, 1.82) is 0 Å². The summed E-state index contributed by atoms with van der Waals surface area (Å²) < 4.78 is 6.21. The third-order valence-corrected chi connectivity index (χ3v) is 6.92. The largest absolute Gasteiger partial charge is 0.467 e. The van der Waals surface area contributed by atoms with Gasteiger partial charge in [0.25, 0.3) is 5.17 Å². The Labute approximate surface area is 174 Å². The number of thiocarbonyl (C=S) groups is 1. The van der Waals surface area contributed by atoms with Gasteiger partial charge in [0, 0.05) is 30.9 Å². The summed E-state index contributed by atoms with van der Waals surface area (Å²) in [6.45, 7) is 0. The fourth-order valence-electron chi connectivity index (χ4n) is 4.80. The van der Waals surface area contributed by atoms with E-state index in [9.17, 15) is 0 Å². The molecule has 2 fully saturated rings. The number of benzene rings is 2. The number of nitrogens with zero attached hydrogens (tertiary/aromatic N) is 1. The van der Waals surface area contributed by atoms with E-state index in [0.717, 1.165) is 12.1 Å². The molecule has 0 radical (unpaired) electrons. The topological polar surface area (TPSA) is 24.5 Å². The third kappa shape index (κ3) is 4.02. The molecule has 1 atom stereocenters. The van der Waals surface area contributed by atoms with Crippen LogP contribution in [0.25, 0.3) is 0 Å². The molecule has 2 saturated carbocycles. The highest BCUT2D eigenvalue weighted by atomic mass is 32.1. The van der Waals surface area contributed by atoms with Gasteiger partial charge in [0.05, 0.1) is 0 Å². The maximum absolute atomic E-state index is 6.21. The van der Waals surface area contributed by atoms with Gasteiger partial charge in [0.15, 0.2) is 0 Å². The second-order valence-corrected chi connectivity index (χ2v) is 8.92. The average molecular weight is 395 g/mol. The summed E-state index contributed by atoms with van der Waals surface area (Å²) in [6, 6.07) is 19.2. The Kier molecular flexibility index (Phi) is 5.58. The van der Waals surface area contributed by atoms with E-state index in [1.165, 1.54) is 43.4 Å². The molecule has 4 heteroatoms. The molecule has 1 unspecified atom stereocenters. The fraction of sp³-hybridized carbons (Fsp3) is 0.458. The molecule has 1 spiro atoms. The number of rotatable bonds is 4. The van der Waals surface area contributed by atoms with Crippen LogP contribution in [0.1, 0.15) is 50.0 Å². The Morgan fingerprint density at radius 2 is 1.61 bits per heavy atom. The lowest BCUT2D eigenvalue weighted by atomic mass is 9.56. The van der Waals surface area contributed by atoms with Crippen molar-refractivity contribution in [3.8, 4) is 0 Å². The first-order chi connectivity index (χ1) is 13.6. The van der Waals surface area contributed by atoms with E-state index in [2.05, 4.69) is 52.7 Å². The highest BCUT2D eigenvalue weighted by Gasteiger charge is 2.50. The molecule has 148 valence electrons. The van der Waals surface area contributed by atoms with Crippen molar-refractivity contribution >= 4 is 28.8 Å². The Hall–Kier alpha value is -2.07. The lowest BCUT2D eigenvalue weighted by Gasteiger charge is -2.52.